The van der Waals surface area contributed by atoms with Crippen molar-refractivity contribution in [2.75, 3.05) is 6.54 Å². The number of benzene rings is 1. The molecule has 0 saturated heterocycles. The molecule has 0 atom stereocenters. The molecule has 116 valence electrons. The lowest BCUT2D eigenvalue weighted by Gasteiger charge is -2.22. The molecule has 0 bridgehead atoms. The molecule has 0 unspecified atom stereocenters. The molecule has 1 aliphatic carbocycles. The van der Waals surface area contributed by atoms with Crippen molar-refractivity contribution in [3.63, 3.8) is 0 Å². The Labute approximate surface area is 130 Å². The maximum Gasteiger partial charge on any atom is 0.218 e. The van der Waals surface area contributed by atoms with Gasteiger partial charge in [-0.25, -0.2) is 4.98 Å². The minimum absolute atomic E-state index is 0.261. The lowest BCUT2D eigenvalue weighted by Crippen LogP contribution is -2.28. The molecular formula is C17H22N4O. The minimum Gasteiger partial charge on any atom is -0.370 e. The Morgan fingerprint density at radius 3 is 2.73 bits per heavy atom. The van der Waals surface area contributed by atoms with E-state index in [4.69, 9.17) is 5.73 Å². The molecule has 1 amide bonds. The lowest BCUT2D eigenvalue weighted by atomic mass is 10.2. The molecule has 1 aromatic carbocycles. The van der Waals surface area contributed by atoms with Gasteiger partial charge >= 0.3 is 0 Å². The second-order valence-electron chi connectivity index (χ2n) is 5.89. The highest BCUT2D eigenvalue weighted by atomic mass is 16.1. The summed E-state index contributed by atoms with van der Waals surface area (Å²) in [5.74, 6) is 0.812. The van der Waals surface area contributed by atoms with E-state index in [0.29, 0.717) is 19.0 Å². The second kappa shape index (κ2) is 6.75. The monoisotopic (exact) mass is 298 g/mol. The predicted molar refractivity (Wildman–Crippen MR) is 84.9 cm³/mol. The molecular weight excluding hydrogens is 276 g/mol. The maximum absolute atomic E-state index is 11.1. The molecule has 2 aromatic rings. The molecule has 1 heterocycles. The van der Waals surface area contributed by atoms with Crippen LogP contribution < -0.4 is 5.73 Å². The van der Waals surface area contributed by atoms with E-state index >= 15 is 0 Å². The number of primary amides is 1. The standard InChI is InChI=1S/C17H22N4O/c18-16(22)8-10-20(12-14-4-2-1-3-5-14)13-17-19-9-11-21(17)15-6-7-15/h1-5,9,11,15H,6-8,10,12-13H2,(H2,18,22). The van der Waals surface area contributed by atoms with Crippen LogP contribution in [0, 0.1) is 0 Å². The fraction of sp³-hybridized carbons (Fsp3) is 0.412. The number of aromatic nitrogens is 2. The molecule has 0 aliphatic heterocycles. The van der Waals surface area contributed by atoms with Gasteiger partial charge in [0.1, 0.15) is 5.82 Å². The van der Waals surface area contributed by atoms with Crippen LogP contribution in [0.25, 0.3) is 0 Å². The van der Waals surface area contributed by atoms with E-state index in [2.05, 4.69) is 32.8 Å². The first-order chi connectivity index (χ1) is 10.7. The van der Waals surface area contributed by atoms with Crippen molar-refractivity contribution in [1.82, 2.24) is 14.5 Å². The minimum atomic E-state index is -0.261. The number of rotatable bonds is 8. The third-order valence-electron chi connectivity index (χ3n) is 3.98. The van der Waals surface area contributed by atoms with Crippen LogP contribution in [0.4, 0.5) is 0 Å². The summed E-state index contributed by atoms with van der Waals surface area (Å²) in [5.41, 5.74) is 6.54. The maximum atomic E-state index is 11.1. The summed E-state index contributed by atoms with van der Waals surface area (Å²) in [7, 11) is 0. The van der Waals surface area contributed by atoms with Crippen molar-refractivity contribution in [2.24, 2.45) is 5.73 Å². The SMILES string of the molecule is NC(=O)CCN(Cc1ccccc1)Cc1nccn1C1CC1. The molecule has 0 spiro atoms. The first kappa shape index (κ1) is 14.8. The molecule has 5 nitrogen and oxygen atoms in total. The molecule has 1 aliphatic rings. The fourth-order valence-corrected chi connectivity index (χ4v) is 2.68. The molecule has 5 heteroatoms. The Balaban J connectivity index is 1.69. The first-order valence-corrected chi connectivity index (χ1v) is 7.78. The van der Waals surface area contributed by atoms with Gasteiger partial charge < -0.3 is 10.3 Å². The summed E-state index contributed by atoms with van der Waals surface area (Å²) in [6, 6.07) is 10.9. The molecule has 22 heavy (non-hydrogen) atoms. The largest absolute Gasteiger partial charge is 0.370 e. The van der Waals surface area contributed by atoms with E-state index in [0.717, 1.165) is 18.9 Å². The zero-order chi connectivity index (χ0) is 15.4. The van der Waals surface area contributed by atoms with E-state index in [1.165, 1.54) is 18.4 Å². The fourth-order valence-electron chi connectivity index (χ4n) is 2.68. The molecule has 2 N–H and O–H groups in total. The van der Waals surface area contributed by atoms with Gasteiger partial charge in [0.15, 0.2) is 0 Å². The van der Waals surface area contributed by atoms with Gasteiger partial charge in [0, 0.05) is 37.9 Å². The van der Waals surface area contributed by atoms with Crippen LogP contribution in [0.5, 0.6) is 0 Å². The molecule has 1 fully saturated rings. The summed E-state index contributed by atoms with van der Waals surface area (Å²) in [6.07, 6.45) is 6.77. The van der Waals surface area contributed by atoms with Crippen LogP contribution in [0.2, 0.25) is 0 Å². The normalized spacial score (nSPS) is 14.4. The van der Waals surface area contributed by atoms with Crippen LogP contribution >= 0.6 is 0 Å². The van der Waals surface area contributed by atoms with Crippen molar-refractivity contribution in [1.29, 1.82) is 0 Å². The van der Waals surface area contributed by atoms with Gasteiger partial charge in [-0.05, 0) is 18.4 Å². The van der Waals surface area contributed by atoms with E-state index in [-0.39, 0.29) is 5.91 Å². The number of carbonyl (C=O) groups excluding carboxylic acids is 1. The van der Waals surface area contributed by atoms with Crippen molar-refractivity contribution in [3.05, 3.63) is 54.1 Å². The van der Waals surface area contributed by atoms with E-state index in [1.807, 2.05) is 24.4 Å². The Morgan fingerprint density at radius 2 is 2.05 bits per heavy atom. The van der Waals surface area contributed by atoms with Gasteiger partial charge in [-0.2, -0.15) is 0 Å². The quantitative estimate of drug-likeness (QED) is 0.811. The summed E-state index contributed by atoms with van der Waals surface area (Å²) < 4.78 is 2.27. The zero-order valence-corrected chi connectivity index (χ0v) is 12.7. The summed E-state index contributed by atoms with van der Waals surface area (Å²) in [4.78, 5) is 17.8. The third-order valence-corrected chi connectivity index (χ3v) is 3.98. The van der Waals surface area contributed by atoms with E-state index in [9.17, 15) is 4.79 Å². The predicted octanol–water partition coefficient (Wildman–Crippen LogP) is 2.10. The molecule has 0 radical (unpaired) electrons. The Morgan fingerprint density at radius 1 is 1.27 bits per heavy atom. The van der Waals surface area contributed by atoms with Crippen LogP contribution in [-0.2, 0) is 17.9 Å². The highest BCUT2D eigenvalue weighted by Gasteiger charge is 2.26. The number of hydrogen-bond acceptors (Lipinski definition) is 3. The molecule has 1 aromatic heterocycles. The Bertz CT molecular complexity index is 619. The van der Waals surface area contributed by atoms with Crippen LogP contribution in [-0.4, -0.2) is 26.9 Å². The molecule has 3 rings (SSSR count). The number of imidazole rings is 1. The van der Waals surface area contributed by atoms with Gasteiger partial charge in [-0.15, -0.1) is 0 Å². The number of carbonyl (C=O) groups is 1. The Kier molecular flexibility index (Phi) is 4.53. The first-order valence-electron chi connectivity index (χ1n) is 7.78. The highest BCUT2D eigenvalue weighted by molar-refractivity contribution is 5.73. The van der Waals surface area contributed by atoms with Crippen LogP contribution in [0.15, 0.2) is 42.7 Å². The molecule has 1 saturated carbocycles. The average Bonchev–Trinajstić information content (AvgIpc) is 3.26. The van der Waals surface area contributed by atoms with Gasteiger partial charge in [-0.1, -0.05) is 30.3 Å². The Hall–Kier alpha value is -2.14. The number of amides is 1. The zero-order valence-electron chi connectivity index (χ0n) is 12.7. The lowest BCUT2D eigenvalue weighted by molar-refractivity contribution is -0.118. The number of hydrogen-bond donors (Lipinski definition) is 1. The second-order valence-corrected chi connectivity index (χ2v) is 5.89. The average molecular weight is 298 g/mol. The van der Waals surface area contributed by atoms with Gasteiger partial charge in [0.2, 0.25) is 5.91 Å². The summed E-state index contributed by atoms with van der Waals surface area (Å²) >= 11 is 0. The smallest absolute Gasteiger partial charge is 0.218 e. The van der Waals surface area contributed by atoms with Crippen LogP contribution in [0.3, 0.4) is 0 Å². The number of nitrogens with zero attached hydrogens (tertiary/aromatic N) is 3. The number of nitrogens with two attached hydrogens (primary N) is 1. The van der Waals surface area contributed by atoms with E-state index in [1.54, 1.807) is 0 Å². The van der Waals surface area contributed by atoms with Crippen LogP contribution in [0.1, 0.15) is 36.7 Å². The van der Waals surface area contributed by atoms with Crippen molar-refractivity contribution >= 4 is 5.91 Å². The van der Waals surface area contributed by atoms with Gasteiger partial charge in [0.05, 0.1) is 6.54 Å². The summed E-state index contributed by atoms with van der Waals surface area (Å²) in [5, 5.41) is 0. The van der Waals surface area contributed by atoms with E-state index < -0.39 is 0 Å². The third kappa shape index (κ3) is 3.95. The van der Waals surface area contributed by atoms with Gasteiger partial charge in [-0.3, -0.25) is 9.69 Å². The highest BCUT2D eigenvalue weighted by Crippen LogP contribution is 2.35. The van der Waals surface area contributed by atoms with Crippen molar-refractivity contribution in [3.8, 4) is 0 Å². The van der Waals surface area contributed by atoms with Crippen molar-refractivity contribution in [2.45, 2.75) is 38.4 Å². The topological polar surface area (TPSA) is 64.2 Å². The van der Waals surface area contributed by atoms with Gasteiger partial charge in [0.25, 0.3) is 0 Å². The van der Waals surface area contributed by atoms with Crippen molar-refractivity contribution < 1.29 is 4.79 Å². The summed E-state index contributed by atoms with van der Waals surface area (Å²) in [6.45, 7) is 2.19.